The Bertz CT molecular complexity index is 484. The van der Waals surface area contributed by atoms with Crippen LogP contribution < -0.4 is 4.90 Å². The lowest BCUT2D eigenvalue weighted by atomic mass is 10.2. The molecule has 0 aliphatic rings. The summed E-state index contributed by atoms with van der Waals surface area (Å²) in [6.45, 7) is 0.962. The number of hydrogen-bond donors (Lipinski definition) is 1. The zero-order valence-electron chi connectivity index (χ0n) is 9.56. The molecule has 1 N–H and O–H groups in total. The van der Waals surface area contributed by atoms with E-state index in [1.807, 2.05) is 18.2 Å². The fraction of sp³-hybridized carbons (Fsp3) is 0.231. The summed E-state index contributed by atoms with van der Waals surface area (Å²) >= 11 is 5.19. The standard InChI is InChI=1S/C13H14BrNOS/c1-15(7-10-4-5-17-9-10)12-3-2-11(8-16)13(14)6-12/h2-6,9,16H,7-8H2,1H3. The van der Waals surface area contributed by atoms with Gasteiger partial charge in [0.1, 0.15) is 0 Å². The average Bonchev–Trinajstić information content (AvgIpc) is 2.81. The van der Waals surface area contributed by atoms with Gasteiger partial charge in [-0.05, 0) is 40.1 Å². The molecule has 0 spiro atoms. The van der Waals surface area contributed by atoms with Gasteiger partial charge in [0.15, 0.2) is 0 Å². The molecule has 17 heavy (non-hydrogen) atoms. The minimum absolute atomic E-state index is 0.0646. The van der Waals surface area contributed by atoms with Gasteiger partial charge in [0, 0.05) is 23.8 Å². The number of hydrogen-bond acceptors (Lipinski definition) is 3. The van der Waals surface area contributed by atoms with Crippen molar-refractivity contribution in [3.8, 4) is 0 Å². The lowest BCUT2D eigenvalue weighted by Crippen LogP contribution is -2.15. The summed E-state index contributed by atoms with van der Waals surface area (Å²) in [5, 5.41) is 13.4. The van der Waals surface area contributed by atoms with Crippen LogP contribution in [0.2, 0.25) is 0 Å². The molecule has 0 saturated carbocycles. The molecule has 0 unspecified atom stereocenters. The van der Waals surface area contributed by atoms with E-state index >= 15 is 0 Å². The van der Waals surface area contributed by atoms with Crippen molar-refractivity contribution < 1.29 is 5.11 Å². The summed E-state index contributed by atoms with van der Waals surface area (Å²) in [5.41, 5.74) is 3.37. The number of anilines is 1. The monoisotopic (exact) mass is 311 g/mol. The number of benzene rings is 1. The topological polar surface area (TPSA) is 23.5 Å². The lowest BCUT2D eigenvalue weighted by Gasteiger charge is -2.19. The summed E-state index contributed by atoms with van der Waals surface area (Å²) in [5.74, 6) is 0. The van der Waals surface area contributed by atoms with E-state index in [1.54, 1.807) is 11.3 Å². The van der Waals surface area contributed by atoms with E-state index in [9.17, 15) is 0 Å². The molecule has 2 aromatic rings. The number of nitrogens with zero attached hydrogens (tertiary/aromatic N) is 1. The van der Waals surface area contributed by atoms with E-state index in [2.05, 4.69) is 44.7 Å². The molecule has 4 heteroatoms. The van der Waals surface area contributed by atoms with E-state index in [1.165, 1.54) is 5.56 Å². The largest absolute Gasteiger partial charge is 0.392 e. The Labute approximate surface area is 114 Å². The summed E-state index contributed by atoms with van der Waals surface area (Å²) < 4.78 is 0.953. The van der Waals surface area contributed by atoms with Crippen LogP contribution in [0.5, 0.6) is 0 Å². The van der Waals surface area contributed by atoms with Crippen molar-refractivity contribution in [3.05, 3.63) is 50.6 Å². The second-order valence-electron chi connectivity index (χ2n) is 3.92. The van der Waals surface area contributed by atoms with E-state index in [-0.39, 0.29) is 6.61 Å². The molecular weight excluding hydrogens is 298 g/mol. The van der Waals surface area contributed by atoms with Crippen LogP contribution in [-0.4, -0.2) is 12.2 Å². The van der Waals surface area contributed by atoms with Crippen molar-refractivity contribution >= 4 is 33.0 Å². The van der Waals surface area contributed by atoms with Crippen LogP contribution in [0.1, 0.15) is 11.1 Å². The zero-order valence-corrected chi connectivity index (χ0v) is 12.0. The third-order valence-corrected chi connectivity index (χ3v) is 4.12. The molecule has 0 atom stereocenters. The SMILES string of the molecule is CN(Cc1ccsc1)c1ccc(CO)c(Br)c1. The molecule has 0 aliphatic carbocycles. The van der Waals surface area contributed by atoms with Crippen molar-refractivity contribution in [3.63, 3.8) is 0 Å². The van der Waals surface area contributed by atoms with Gasteiger partial charge in [-0.25, -0.2) is 0 Å². The Morgan fingerprint density at radius 2 is 2.18 bits per heavy atom. The van der Waals surface area contributed by atoms with Gasteiger partial charge in [0.25, 0.3) is 0 Å². The minimum atomic E-state index is 0.0646. The van der Waals surface area contributed by atoms with Gasteiger partial charge < -0.3 is 10.0 Å². The maximum Gasteiger partial charge on any atom is 0.0692 e. The highest BCUT2D eigenvalue weighted by atomic mass is 79.9. The second-order valence-corrected chi connectivity index (χ2v) is 5.56. The first kappa shape index (κ1) is 12.6. The maximum absolute atomic E-state index is 9.11. The summed E-state index contributed by atoms with van der Waals surface area (Å²) in [6.07, 6.45) is 0. The Morgan fingerprint density at radius 1 is 1.35 bits per heavy atom. The number of halogens is 1. The van der Waals surface area contributed by atoms with Gasteiger partial charge in [-0.2, -0.15) is 11.3 Å². The first-order valence-electron chi connectivity index (χ1n) is 5.32. The predicted octanol–water partition coefficient (Wildman–Crippen LogP) is 3.64. The quantitative estimate of drug-likeness (QED) is 0.932. The number of thiophene rings is 1. The van der Waals surface area contributed by atoms with Crippen LogP contribution in [0.15, 0.2) is 39.5 Å². The second kappa shape index (κ2) is 5.67. The van der Waals surface area contributed by atoms with Gasteiger partial charge in [0.2, 0.25) is 0 Å². The van der Waals surface area contributed by atoms with Crippen molar-refractivity contribution in [2.75, 3.05) is 11.9 Å². The fourth-order valence-electron chi connectivity index (χ4n) is 1.65. The van der Waals surface area contributed by atoms with Crippen molar-refractivity contribution in [1.29, 1.82) is 0 Å². The molecule has 1 aromatic carbocycles. The highest BCUT2D eigenvalue weighted by Crippen LogP contribution is 2.24. The van der Waals surface area contributed by atoms with E-state index in [0.29, 0.717) is 0 Å². The van der Waals surface area contributed by atoms with Crippen LogP contribution in [0.25, 0.3) is 0 Å². The third-order valence-electron chi connectivity index (χ3n) is 2.65. The molecule has 1 heterocycles. The molecule has 0 aliphatic heterocycles. The summed E-state index contributed by atoms with van der Waals surface area (Å²) in [6, 6.07) is 8.16. The van der Waals surface area contributed by atoms with Gasteiger partial charge in [-0.15, -0.1) is 0 Å². The van der Waals surface area contributed by atoms with Crippen LogP contribution >= 0.6 is 27.3 Å². The molecular formula is C13H14BrNOS. The third kappa shape index (κ3) is 3.09. The first-order chi connectivity index (χ1) is 8.20. The van der Waals surface area contributed by atoms with Crippen LogP contribution in [0, 0.1) is 0 Å². The number of aliphatic hydroxyl groups excluding tert-OH is 1. The molecule has 2 nitrogen and oxygen atoms in total. The zero-order chi connectivity index (χ0) is 12.3. The molecule has 1 aromatic heterocycles. The average molecular weight is 312 g/mol. The molecule has 0 radical (unpaired) electrons. The normalized spacial score (nSPS) is 10.5. The number of aliphatic hydroxyl groups is 1. The van der Waals surface area contributed by atoms with Crippen molar-refractivity contribution in [2.45, 2.75) is 13.2 Å². The molecule has 0 fully saturated rings. The summed E-state index contributed by atoms with van der Waals surface area (Å²) in [4.78, 5) is 2.19. The highest BCUT2D eigenvalue weighted by molar-refractivity contribution is 9.10. The van der Waals surface area contributed by atoms with Crippen molar-refractivity contribution in [1.82, 2.24) is 0 Å². The van der Waals surface area contributed by atoms with Crippen LogP contribution in [0.3, 0.4) is 0 Å². The molecule has 0 amide bonds. The number of rotatable bonds is 4. The molecule has 2 rings (SSSR count). The fourth-order valence-corrected chi connectivity index (χ4v) is 2.80. The van der Waals surface area contributed by atoms with Crippen LogP contribution in [-0.2, 0) is 13.2 Å². The van der Waals surface area contributed by atoms with Gasteiger partial charge in [-0.1, -0.05) is 22.0 Å². The lowest BCUT2D eigenvalue weighted by molar-refractivity contribution is 0.281. The molecule has 0 bridgehead atoms. The Kier molecular flexibility index (Phi) is 4.20. The molecule has 90 valence electrons. The van der Waals surface area contributed by atoms with Gasteiger partial charge in [-0.3, -0.25) is 0 Å². The van der Waals surface area contributed by atoms with Gasteiger partial charge in [0.05, 0.1) is 6.61 Å². The smallest absolute Gasteiger partial charge is 0.0692 e. The van der Waals surface area contributed by atoms with E-state index in [4.69, 9.17) is 5.11 Å². The van der Waals surface area contributed by atoms with E-state index in [0.717, 1.165) is 22.3 Å². The Hall–Kier alpha value is -0.840. The Morgan fingerprint density at radius 3 is 2.76 bits per heavy atom. The van der Waals surface area contributed by atoms with E-state index < -0.39 is 0 Å². The Balaban J connectivity index is 2.14. The maximum atomic E-state index is 9.11. The highest BCUT2D eigenvalue weighted by Gasteiger charge is 2.05. The van der Waals surface area contributed by atoms with Crippen molar-refractivity contribution in [2.24, 2.45) is 0 Å². The first-order valence-corrected chi connectivity index (χ1v) is 7.06. The predicted molar refractivity (Wildman–Crippen MR) is 76.5 cm³/mol. The summed E-state index contributed by atoms with van der Waals surface area (Å²) in [7, 11) is 2.07. The minimum Gasteiger partial charge on any atom is -0.392 e. The van der Waals surface area contributed by atoms with Gasteiger partial charge >= 0.3 is 0 Å². The van der Waals surface area contributed by atoms with Crippen LogP contribution in [0.4, 0.5) is 5.69 Å². The molecule has 0 saturated heterocycles.